The van der Waals surface area contributed by atoms with Crippen LogP contribution in [0.5, 0.6) is 11.5 Å². The molecule has 2 aromatic heterocycles. The third-order valence-electron chi connectivity index (χ3n) is 5.25. The van der Waals surface area contributed by atoms with Crippen LogP contribution in [0.2, 0.25) is 0 Å². The molecule has 0 saturated carbocycles. The molecule has 0 fully saturated rings. The number of pyridine rings is 1. The number of rotatable bonds is 5. The van der Waals surface area contributed by atoms with Gasteiger partial charge >= 0.3 is 0 Å². The van der Waals surface area contributed by atoms with Crippen molar-refractivity contribution < 1.29 is 9.53 Å². The van der Waals surface area contributed by atoms with Gasteiger partial charge < -0.3 is 14.5 Å². The van der Waals surface area contributed by atoms with E-state index in [2.05, 4.69) is 10.3 Å². The highest BCUT2D eigenvalue weighted by Crippen LogP contribution is 2.28. The van der Waals surface area contributed by atoms with Crippen LogP contribution in [-0.4, -0.2) is 15.3 Å². The highest BCUT2D eigenvalue weighted by molar-refractivity contribution is 6.06. The van der Waals surface area contributed by atoms with Crippen molar-refractivity contribution in [2.45, 2.75) is 6.92 Å². The second kappa shape index (κ2) is 8.40. The van der Waals surface area contributed by atoms with Crippen LogP contribution in [0.25, 0.3) is 16.9 Å². The van der Waals surface area contributed by atoms with Crippen molar-refractivity contribution in [2.24, 2.45) is 0 Å². The van der Waals surface area contributed by atoms with Crippen molar-refractivity contribution >= 4 is 17.2 Å². The van der Waals surface area contributed by atoms with E-state index >= 15 is 0 Å². The number of carbonyl (C=O) groups is 1. The van der Waals surface area contributed by atoms with E-state index in [4.69, 9.17) is 4.74 Å². The SMILES string of the molecule is Cc1ccc(-c2cn3ccccc3n2)cc1NC(=O)c1ccccc1Oc1ccccc1. The van der Waals surface area contributed by atoms with E-state index in [1.807, 2.05) is 103 Å². The number of aromatic nitrogens is 2. The predicted molar refractivity (Wildman–Crippen MR) is 126 cm³/mol. The van der Waals surface area contributed by atoms with Crippen LogP contribution in [0.1, 0.15) is 15.9 Å². The van der Waals surface area contributed by atoms with E-state index in [0.29, 0.717) is 17.1 Å². The normalized spacial score (nSPS) is 10.8. The van der Waals surface area contributed by atoms with Gasteiger partial charge in [-0.15, -0.1) is 0 Å². The molecule has 0 aliphatic rings. The second-order valence-corrected chi connectivity index (χ2v) is 7.49. The Morgan fingerprint density at radius 1 is 0.906 bits per heavy atom. The van der Waals surface area contributed by atoms with Gasteiger partial charge in [-0.2, -0.15) is 0 Å². The molecule has 0 spiro atoms. The summed E-state index contributed by atoms with van der Waals surface area (Å²) in [6.07, 6.45) is 3.95. The fourth-order valence-corrected chi connectivity index (χ4v) is 3.54. The summed E-state index contributed by atoms with van der Waals surface area (Å²) in [5.74, 6) is 0.954. The highest BCUT2D eigenvalue weighted by Gasteiger charge is 2.15. The summed E-state index contributed by atoms with van der Waals surface area (Å²) in [6, 6.07) is 28.5. The Morgan fingerprint density at radius 2 is 1.69 bits per heavy atom. The molecule has 0 bridgehead atoms. The minimum absolute atomic E-state index is 0.230. The quantitative estimate of drug-likeness (QED) is 0.361. The lowest BCUT2D eigenvalue weighted by molar-refractivity contribution is 0.102. The molecule has 2 heterocycles. The van der Waals surface area contributed by atoms with Crippen molar-refractivity contribution in [1.82, 2.24) is 9.38 Å². The molecular weight excluding hydrogens is 398 g/mol. The molecule has 3 aromatic carbocycles. The molecule has 5 rings (SSSR count). The molecule has 0 atom stereocenters. The number of carbonyl (C=O) groups excluding carboxylic acids is 1. The monoisotopic (exact) mass is 419 g/mol. The Balaban J connectivity index is 1.43. The minimum Gasteiger partial charge on any atom is -0.457 e. The van der Waals surface area contributed by atoms with Crippen LogP contribution < -0.4 is 10.1 Å². The van der Waals surface area contributed by atoms with E-state index in [1.165, 1.54) is 0 Å². The van der Waals surface area contributed by atoms with E-state index in [9.17, 15) is 4.79 Å². The number of hydrogen-bond donors (Lipinski definition) is 1. The average Bonchev–Trinajstić information content (AvgIpc) is 3.26. The standard InChI is InChI=1S/C27H21N3O2/c1-19-14-15-20(24-18-30-16-8-7-13-26(30)28-24)17-23(19)29-27(31)22-11-5-6-12-25(22)32-21-9-3-2-4-10-21/h2-18H,1H3,(H,29,31). The fourth-order valence-electron chi connectivity index (χ4n) is 3.54. The van der Waals surface area contributed by atoms with Crippen molar-refractivity contribution in [2.75, 3.05) is 5.32 Å². The molecule has 5 nitrogen and oxygen atoms in total. The number of benzene rings is 3. The molecule has 32 heavy (non-hydrogen) atoms. The molecule has 0 saturated heterocycles. The molecule has 0 aliphatic heterocycles. The largest absolute Gasteiger partial charge is 0.457 e. The number of nitrogens with one attached hydrogen (secondary N) is 1. The molecule has 0 unspecified atom stereocenters. The zero-order chi connectivity index (χ0) is 21.9. The van der Waals surface area contributed by atoms with Gasteiger partial charge in [-0.05, 0) is 55.0 Å². The number of hydrogen-bond acceptors (Lipinski definition) is 3. The zero-order valence-corrected chi connectivity index (χ0v) is 17.5. The third kappa shape index (κ3) is 3.96. The maximum atomic E-state index is 13.2. The summed E-state index contributed by atoms with van der Waals surface area (Å²) >= 11 is 0. The zero-order valence-electron chi connectivity index (χ0n) is 17.5. The first kappa shape index (κ1) is 19.6. The summed E-state index contributed by atoms with van der Waals surface area (Å²) in [5.41, 5.74) is 4.82. The smallest absolute Gasteiger partial charge is 0.259 e. The molecule has 156 valence electrons. The number of imidazole rings is 1. The number of para-hydroxylation sites is 2. The predicted octanol–water partition coefficient (Wildman–Crippen LogP) is 6.35. The summed E-state index contributed by atoms with van der Waals surface area (Å²) in [6.45, 7) is 1.97. The maximum absolute atomic E-state index is 13.2. The number of nitrogens with zero attached hydrogens (tertiary/aromatic N) is 2. The number of amides is 1. The summed E-state index contributed by atoms with van der Waals surface area (Å²) in [7, 11) is 0. The van der Waals surface area contributed by atoms with Crippen molar-refractivity contribution in [1.29, 1.82) is 0 Å². The molecule has 5 heteroatoms. The van der Waals surface area contributed by atoms with E-state index in [1.54, 1.807) is 12.1 Å². The van der Waals surface area contributed by atoms with Crippen LogP contribution in [0, 0.1) is 6.92 Å². The van der Waals surface area contributed by atoms with E-state index < -0.39 is 0 Å². The van der Waals surface area contributed by atoms with Crippen molar-refractivity contribution in [3.8, 4) is 22.8 Å². The van der Waals surface area contributed by atoms with Gasteiger partial charge in [0.05, 0.1) is 11.3 Å². The summed E-state index contributed by atoms with van der Waals surface area (Å²) < 4.78 is 7.93. The lowest BCUT2D eigenvalue weighted by atomic mass is 10.1. The summed E-state index contributed by atoms with van der Waals surface area (Å²) in [4.78, 5) is 17.8. The molecule has 0 radical (unpaired) electrons. The summed E-state index contributed by atoms with van der Waals surface area (Å²) in [5, 5.41) is 3.04. The molecule has 5 aromatic rings. The second-order valence-electron chi connectivity index (χ2n) is 7.49. The average molecular weight is 419 g/mol. The van der Waals surface area contributed by atoms with Gasteiger partial charge in [0, 0.05) is 23.6 Å². The topological polar surface area (TPSA) is 55.6 Å². The Kier molecular flexibility index (Phi) is 5.14. The number of ether oxygens (including phenoxy) is 1. The first-order valence-electron chi connectivity index (χ1n) is 10.4. The molecular formula is C27H21N3O2. The Bertz CT molecular complexity index is 1370. The third-order valence-corrected chi connectivity index (χ3v) is 5.25. The van der Waals surface area contributed by atoms with Crippen molar-refractivity contribution in [3.05, 3.63) is 115 Å². The first-order valence-corrected chi connectivity index (χ1v) is 10.4. The van der Waals surface area contributed by atoms with Crippen LogP contribution >= 0.6 is 0 Å². The van der Waals surface area contributed by atoms with Gasteiger partial charge in [-0.25, -0.2) is 4.98 Å². The number of fused-ring (bicyclic) bond motifs is 1. The van der Waals surface area contributed by atoms with Crippen molar-refractivity contribution in [3.63, 3.8) is 0 Å². The first-order chi connectivity index (χ1) is 15.7. The highest BCUT2D eigenvalue weighted by atomic mass is 16.5. The van der Waals surface area contributed by atoms with E-state index in [0.717, 1.165) is 28.2 Å². The van der Waals surface area contributed by atoms with Gasteiger partial charge in [0.2, 0.25) is 0 Å². The van der Waals surface area contributed by atoms with Crippen LogP contribution in [0.4, 0.5) is 5.69 Å². The van der Waals surface area contributed by atoms with Crippen LogP contribution in [0.3, 0.4) is 0 Å². The lowest BCUT2D eigenvalue weighted by Gasteiger charge is -2.13. The lowest BCUT2D eigenvalue weighted by Crippen LogP contribution is -2.14. The number of aryl methyl sites for hydroxylation is 1. The van der Waals surface area contributed by atoms with Gasteiger partial charge in [-0.1, -0.05) is 48.5 Å². The molecule has 1 amide bonds. The van der Waals surface area contributed by atoms with Gasteiger partial charge in [0.1, 0.15) is 17.1 Å². The minimum atomic E-state index is -0.230. The van der Waals surface area contributed by atoms with Gasteiger partial charge in [0.15, 0.2) is 0 Å². The maximum Gasteiger partial charge on any atom is 0.259 e. The Morgan fingerprint density at radius 3 is 2.53 bits per heavy atom. The number of anilines is 1. The van der Waals surface area contributed by atoms with E-state index in [-0.39, 0.29) is 5.91 Å². The van der Waals surface area contributed by atoms with Gasteiger partial charge in [-0.3, -0.25) is 4.79 Å². The molecule has 1 N–H and O–H groups in total. The van der Waals surface area contributed by atoms with Gasteiger partial charge in [0.25, 0.3) is 5.91 Å². The van der Waals surface area contributed by atoms with Crippen LogP contribution in [0.15, 0.2) is 103 Å². The Hall–Kier alpha value is -4.38. The van der Waals surface area contributed by atoms with Crippen LogP contribution in [-0.2, 0) is 0 Å². The Labute approximate surface area is 185 Å². The molecule has 0 aliphatic carbocycles. The fraction of sp³-hybridized carbons (Fsp3) is 0.0370.